The number of pyridine rings is 1. The average molecular weight is 314 g/mol. The van der Waals surface area contributed by atoms with E-state index in [0.29, 0.717) is 6.73 Å². The highest BCUT2D eigenvalue weighted by atomic mass is 28.3. The Morgan fingerprint density at radius 2 is 2.05 bits per heavy atom. The van der Waals surface area contributed by atoms with Crippen molar-refractivity contribution in [2.75, 3.05) is 6.61 Å². The van der Waals surface area contributed by atoms with Gasteiger partial charge in [-0.1, -0.05) is 19.6 Å². The summed E-state index contributed by atoms with van der Waals surface area (Å²) in [5, 5.41) is 5.55. The Labute approximate surface area is 131 Å². The van der Waals surface area contributed by atoms with Gasteiger partial charge in [-0.05, 0) is 18.2 Å². The molecule has 0 atom stereocenters. The zero-order valence-electron chi connectivity index (χ0n) is 13.4. The van der Waals surface area contributed by atoms with Gasteiger partial charge in [-0.15, -0.1) is 0 Å². The maximum Gasteiger partial charge on any atom is 0.139 e. The Morgan fingerprint density at radius 1 is 1.18 bits per heavy atom. The van der Waals surface area contributed by atoms with Gasteiger partial charge in [-0.2, -0.15) is 5.10 Å². The second-order valence-corrected chi connectivity index (χ2v) is 12.3. The molecule has 0 unspecified atom stereocenters. The van der Waals surface area contributed by atoms with Crippen LogP contribution in [0.2, 0.25) is 25.7 Å². The van der Waals surface area contributed by atoms with Gasteiger partial charge in [0.25, 0.3) is 0 Å². The van der Waals surface area contributed by atoms with Crippen LogP contribution in [0.25, 0.3) is 16.6 Å². The number of nitrogens with zero attached hydrogens (tertiary/aromatic N) is 4. The normalized spacial score (nSPS) is 12.1. The van der Waals surface area contributed by atoms with Crippen molar-refractivity contribution in [2.45, 2.75) is 32.4 Å². The first-order chi connectivity index (χ1) is 10.5. The summed E-state index contributed by atoms with van der Waals surface area (Å²) < 4.78 is 9.65. The van der Waals surface area contributed by atoms with Gasteiger partial charge >= 0.3 is 0 Å². The second kappa shape index (κ2) is 6.06. The molecule has 5 nitrogen and oxygen atoms in total. The van der Waals surface area contributed by atoms with Crippen molar-refractivity contribution in [1.29, 1.82) is 0 Å². The fraction of sp³-hybridized carbons (Fsp3) is 0.375. The molecule has 0 aliphatic heterocycles. The third-order valence-electron chi connectivity index (χ3n) is 3.61. The Hall–Kier alpha value is -1.92. The van der Waals surface area contributed by atoms with Crippen molar-refractivity contribution in [3.05, 3.63) is 43.1 Å². The summed E-state index contributed by atoms with van der Waals surface area (Å²) in [4.78, 5) is 4.19. The molecule has 3 rings (SSSR count). The molecule has 0 bridgehead atoms. The van der Waals surface area contributed by atoms with Crippen LogP contribution in [-0.4, -0.2) is 34.0 Å². The molecule has 0 aliphatic carbocycles. The number of hydrogen-bond acceptors (Lipinski definition) is 3. The lowest BCUT2D eigenvalue weighted by Crippen LogP contribution is -2.22. The SMILES string of the molecule is C[Si](C)(C)CCOCn1cc(-n2ccc3ccncc32)cn1. The molecule has 3 heterocycles. The monoisotopic (exact) mass is 314 g/mol. The minimum Gasteiger partial charge on any atom is -0.360 e. The Balaban J connectivity index is 1.66. The highest BCUT2D eigenvalue weighted by Gasteiger charge is 2.12. The van der Waals surface area contributed by atoms with Crippen LogP contribution in [0.3, 0.4) is 0 Å². The van der Waals surface area contributed by atoms with Crippen molar-refractivity contribution < 1.29 is 4.74 Å². The molecule has 3 aromatic heterocycles. The first-order valence-electron chi connectivity index (χ1n) is 7.55. The van der Waals surface area contributed by atoms with Gasteiger partial charge in [0.1, 0.15) is 6.73 Å². The van der Waals surface area contributed by atoms with E-state index in [1.54, 1.807) is 0 Å². The van der Waals surface area contributed by atoms with Gasteiger partial charge in [0.05, 0.1) is 29.8 Å². The number of aromatic nitrogens is 4. The maximum atomic E-state index is 5.73. The molecule has 0 aliphatic rings. The first-order valence-corrected chi connectivity index (χ1v) is 11.3. The van der Waals surface area contributed by atoms with Gasteiger partial charge < -0.3 is 9.30 Å². The van der Waals surface area contributed by atoms with E-state index in [1.165, 1.54) is 11.4 Å². The van der Waals surface area contributed by atoms with Crippen molar-refractivity contribution in [3.8, 4) is 5.69 Å². The highest BCUT2D eigenvalue weighted by molar-refractivity contribution is 6.76. The highest BCUT2D eigenvalue weighted by Crippen LogP contribution is 2.18. The molecule has 116 valence electrons. The smallest absolute Gasteiger partial charge is 0.139 e. The van der Waals surface area contributed by atoms with Crippen LogP contribution < -0.4 is 0 Å². The molecule has 0 N–H and O–H groups in total. The third kappa shape index (κ3) is 3.45. The van der Waals surface area contributed by atoms with Crippen LogP contribution in [0, 0.1) is 0 Å². The van der Waals surface area contributed by atoms with E-state index in [1.807, 2.05) is 41.7 Å². The predicted molar refractivity (Wildman–Crippen MR) is 91.0 cm³/mol. The Kier molecular flexibility index (Phi) is 4.13. The van der Waals surface area contributed by atoms with E-state index >= 15 is 0 Å². The lowest BCUT2D eigenvalue weighted by Gasteiger charge is -2.15. The number of fused-ring (bicyclic) bond motifs is 1. The predicted octanol–water partition coefficient (Wildman–Crippen LogP) is 3.53. The van der Waals surface area contributed by atoms with E-state index in [-0.39, 0.29) is 0 Å². The molecule has 0 fully saturated rings. The molecule has 0 saturated carbocycles. The van der Waals surface area contributed by atoms with E-state index in [2.05, 4.69) is 40.4 Å². The van der Waals surface area contributed by atoms with Crippen molar-refractivity contribution in [2.24, 2.45) is 0 Å². The van der Waals surface area contributed by atoms with Crippen molar-refractivity contribution in [1.82, 2.24) is 19.3 Å². The number of rotatable bonds is 6. The molecule has 0 saturated heterocycles. The van der Waals surface area contributed by atoms with Gasteiger partial charge in [0, 0.05) is 32.5 Å². The first kappa shape index (κ1) is 15.0. The van der Waals surface area contributed by atoms with Gasteiger partial charge in [0.2, 0.25) is 0 Å². The minimum atomic E-state index is -1.03. The maximum absolute atomic E-state index is 5.73. The van der Waals surface area contributed by atoms with Crippen LogP contribution in [0.5, 0.6) is 0 Å². The quantitative estimate of drug-likeness (QED) is 0.516. The fourth-order valence-corrected chi connectivity index (χ4v) is 3.04. The lowest BCUT2D eigenvalue weighted by molar-refractivity contribution is 0.0786. The van der Waals surface area contributed by atoms with Crippen molar-refractivity contribution in [3.63, 3.8) is 0 Å². The Bertz CT molecular complexity index is 757. The summed E-state index contributed by atoms with van der Waals surface area (Å²) in [5.41, 5.74) is 2.11. The summed E-state index contributed by atoms with van der Waals surface area (Å²) in [6.45, 7) is 8.37. The van der Waals surface area contributed by atoms with Crippen molar-refractivity contribution >= 4 is 19.0 Å². The molecule has 0 radical (unpaired) electrons. The summed E-state index contributed by atoms with van der Waals surface area (Å²) in [7, 11) is -1.03. The molecule has 0 spiro atoms. The third-order valence-corrected chi connectivity index (χ3v) is 5.32. The number of ether oxygens (including phenoxy) is 1. The fourth-order valence-electron chi connectivity index (χ4n) is 2.28. The van der Waals surface area contributed by atoms with E-state index in [4.69, 9.17) is 4.74 Å². The zero-order chi connectivity index (χ0) is 15.6. The second-order valence-electron chi connectivity index (χ2n) is 6.71. The van der Waals surface area contributed by atoms with Crippen LogP contribution in [0.1, 0.15) is 0 Å². The zero-order valence-corrected chi connectivity index (χ0v) is 14.4. The molecule has 0 aromatic carbocycles. The topological polar surface area (TPSA) is 44.9 Å². The van der Waals surface area contributed by atoms with Gasteiger partial charge in [-0.25, -0.2) is 4.68 Å². The van der Waals surface area contributed by atoms with E-state index in [9.17, 15) is 0 Å². The van der Waals surface area contributed by atoms with Crippen LogP contribution in [0.15, 0.2) is 43.1 Å². The van der Waals surface area contributed by atoms with E-state index < -0.39 is 8.07 Å². The van der Waals surface area contributed by atoms with Crippen LogP contribution in [-0.2, 0) is 11.5 Å². The summed E-state index contributed by atoms with van der Waals surface area (Å²) in [6, 6.07) is 5.27. The van der Waals surface area contributed by atoms with E-state index in [0.717, 1.165) is 17.8 Å². The van der Waals surface area contributed by atoms with Crippen LogP contribution >= 0.6 is 0 Å². The summed E-state index contributed by atoms with van der Waals surface area (Å²) in [5.74, 6) is 0. The molecule has 6 heteroatoms. The molecule has 3 aromatic rings. The minimum absolute atomic E-state index is 0.502. The molecule has 22 heavy (non-hydrogen) atoms. The van der Waals surface area contributed by atoms with Gasteiger partial charge in [0.15, 0.2) is 0 Å². The standard InChI is InChI=1S/C16H22N4OSi/c1-22(2,3)9-8-21-13-19-12-15(10-18-19)20-7-5-14-4-6-17-11-16(14)20/h4-7,10-12H,8-9,13H2,1-3H3. The largest absolute Gasteiger partial charge is 0.360 e. The molecular weight excluding hydrogens is 292 g/mol. The molecular formula is C16H22N4OSi. The lowest BCUT2D eigenvalue weighted by atomic mass is 10.3. The summed E-state index contributed by atoms with van der Waals surface area (Å²) >= 11 is 0. The average Bonchev–Trinajstić information content (AvgIpc) is 3.09. The Morgan fingerprint density at radius 3 is 2.86 bits per heavy atom. The number of hydrogen-bond donors (Lipinski definition) is 0. The molecule has 0 amide bonds. The summed E-state index contributed by atoms with van der Waals surface area (Å²) in [6.07, 6.45) is 9.58. The van der Waals surface area contributed by atoms with Gasteiger partial charge in [-0.3, -0.25) is 4.98 Å². The van der Waals surface area contributed by atoms with Crippen LogP contribution in [0.4, 0.5) is 0 Å².